The number of aromatic nitrogens is 3. The van der Waals surface area contributed by atoms with Gasteiger partial charge in [-0.15, -0.1) is 0 Å². The van der Waals surface area contributed by atoms with Crippen molar-refractivity contribution in [3.05, 3.63) is 76.9 Å². The number of rotatable bonds is 8. The summed E-state index contributed by atoms with van der Waals surface area (Å²) in [6.07, 6.45) is 0. The Labute approximate surface area is 226 Å². The first-order chi connectivity index (χ1) is 17.9. The summed E-state index contributed by atoms with van der Waals surface area (Å²) in [7, 11) is 6.51. The molecule has 38 heavy (non-hydrogen) atoms. The highest BCUT2D eigenvalue weighted by molar-refractivity contribution is 5.72. The van der Waals surface area contributed by atoms with Gasteiger partial charge < -0.3 is 14.3 Å². The second kappa shape index (κ2) is 10.9. The van der Waals surface area contributed by atoms with Gasteiger partial charge in [-0.05, 0) is 51.0 Å². The monoisotopic (exact) mass is 511 g/mol. The van der Waals surface area contributed by atoms with Crippen molar-refractivity contribution in [2.75, 3.05) is 34.3 Å². The molecule has 1 N–H and O–H groups in total. The lowest BCUT2D eigenvalue weighted by Crippen LogP contribution is -2.39. The number of aromatic hydroxyl groups is 1. The van der Waals surface area contributed by atoms with Crippen molar-refractivity contribution in [1.29, 1.82) is 0 Å². The van der Waals surface area contributed by atoms with Gasteiger partial charge in [0.05, 0.1) is 39.9 Å². The number of benzene rings is 3. The Bertz CT molecular complexity index is 1390. The third-order valence-corrected chi connectivity index (χ3v) is 6.49. The number of hydrogen-bond donors (Lipinski definition) is 1. The van der Waals surface area contributed by atoms with E-state index in [1.807, 2.05) is 24.3 Å². The molecule has 6 nitrogen and oxygen atoms in total. The van der Waals surface area contributed by atoms with Gasteiger partial charge >= 0.3 is 0 Å². The molecule has 0 saturated heterocycles. The number of quaternary nitrogens is 1. The van der Waals surface area contributed by atoms with Gasteiger partial charge in [-0.2, -0.15) is 0 Å². The second-order valence-electron chi connectivity index (χ2n) is 11.5. The summed E-state index contributed by atoms with van der Waals surface area (Å²) >= 11 is 0. The van der Waals surface area contributed by atoms with E-state index in [2.05, 4.69) is 80.0 Å². The molecule has 4 rings (SSSR count). The molecule has 6 heteroatoms. The fourth-order valence-corrected chi connectivity index (χ4v) is 4.88. The molecule has 1 atom stereocenters. The molecule has 0 aliphatic heterocycles. The molecule has 0 aliphatic carbocycles. The van der Waals surface area contributed by atoms with Crippen LogP contribution in [0, 0.1) is 33.6 Å². The molecule has 0 fully saturated rings. The predicted molar refractivity (Wildman–Crippen MR) is 154 cm³/mol. The summed E-state index contributed by atoms with van der Waals surface area (Å²) in [5.41, 5.74) is 6.95. The topological polar surface area (TPSA) is 68.1 Å². The SMILES string of the molecule is Cc1ccc(-c2nc(-c3ccc(C)cc3C)nc(-c3ccc(OCC(C)C[N+](C)(C)C)cc3O)n2)c(C)c1. The van der Waals surface area contributed by atoms with Gasteiger partial charge in [0, 0.05) is 23.1 Å². The number of phenols is 1. The van der Waals surface area contributed by atoms with E-state index in [-0.39, 0.29) is 5.75 Å². The lowest BCUT2D eigenvalue weighted by atomic mass is 10.0. The standard InChI is InChI=1S/C32H38N4O2/c1-20-9-12-26(23(4)15-20)30-33-31(27-13-10-21(2)16-24(27)5)35-32(34-30)28-14-11-25(17-29(28)37)38-19-22(3)18-36(6,7)8/h9-17,22H,18-19H2,1-8H3/p+1. The van der Waals surface area contributed by atoms with E-state index in [1.54, 1.807) is 6.07 Å². The first kappa shape index (κ1) is 27.3. The van der Waals surface area contributed by atoms with Gasteiger partial charge in [0.25, 0.3) is 0 Å². The normalized spacial score (nSPS) is 12.4. The zero-order chi connectivity index (χ0) is 27.6. The van der Waals surface area contributed by atoms with E-state index in [0.717, 1.165) is 33.3 Å². The van der Waals surface area contributed by atoms with E-state index in [0.29, 0.717) is 41.3 Å². The van der Waals surface area contributed by atoms with Crippen LogP contribution in [-0.4, -0.2) is 58.8 Å². The molecule has 1 heterocycles. The Morgan fingerprint density at radius 1 is 0.711 bits per heavy atom. The predicted octanol–water partition coefficient (Wildman–Crippen LogP) is 6.53. The summed E-state index contributed by atoms with van der Waals surface area (Å²) < 4.78 is 6.88. The van der Waals surface area contributed by atoms with Crippen LogP contribution in [0.25, 0.3) is 34.2 Å². The third kappa shape index (κ3) is 6.56. The van der Waals surface area contributed by atoms with Crippen LogP contribution < -0.4 is 4.74 Å². The fourth-order valence-electron chi connectivity index (χ4n) is 4.88. The zero-order valence-electron chi connectivity index (χ0n) is 23.8. The quantitative estimate of drug-likeness (QED) is 0.272. The molecule has 198 valence electrons. The summed E-state index contributed by atoms with van der Waals surface area (Å²) in [5.74, 6) is 2.66. The molecule has 4 aromatic rings. The first-order valence-corrected chi connectivity index (χ1v) is 13.1. The Hall–Kier alpha value is -3.77. The Morgan fingerprint density at radius 3 is 1.63 bits per heavy atom. The molecular weight excluding hydrogens is 472 g/mol. The maximum absolute atomic E-state index is 11.0. The van der Waals surface area contributed by atoms with E-state index in [9.17, 15) is 5.11 Å². The highest BCUT2D eigenvalue weighted by atomic mass is 16.5. The van der Waals surface area contributed by atoms with Crippen molar-refractivity contribution in [3.63, 3.8) is 0 Å². The van der Waals surface area contributed by atoms with Gasteiger partial charge in [-0.3, -0.25) is 0 Å². The van der Waals surface area contributed by atoms with Crippen LogP contribution in [0.5, 0.6) is 11.5 Å². The van der Waals surface area contributed by atoms with Crippen molar-refractivity contribution in [3.8, 4) is 45.7 Å². The Kier molecular flexibility index (Phi) is 7.83. The number of ether oxygens (including phenoxy) is 1. The number of hydrogen-bond acceptors (Lipinski definition) is 5. The summed E-state index contributed by atoms with van der Waals surface area (Å²) in [5, 5.41) is 11.0. The van der Waals surface area contributed by atoms with Gasteiger partial charge in [0.1, 0.15) is 11.5 Å². The number of nitrogens with zero attached hydrogens (tertiary/aromatic N) is 4. The van der Waals surface area contributed by atoms with Gasteiger partial charge in [-0.25, -0.2) is 15.0 Å². The van der Waals surface area contributed by atoms with Gasteiger partial charge in [-0.1, -0.05) is 54.4 Å². The molecule has 0 aliphatic rings. The average Bonchev–Trinajstić information content (AvgIpc) is 2.81. The van der Waals surface area contributed by atoms with E-state index < -0.39 is 0 Å². The van der Waals surface area contributed by atoms with Crippen molar-refractivity contribution < 1.29 is 14.3 Å². The molecule has 0 spiro atoms. The van der Waals surface area contributed by atoms with Crippen LogP contribution in [0.1, 0.15) is 29.2 Å². The van der Waals surface area contributed by atoms with Crippen molar-refractivity contribution >= 4 is 0 Å². The number of aryl methyl sites for hydroxylation is 4. The minimum Gasteiger partial charge on any atom is -0.507 e. The minimum absolute atomic E-state index is 0.0751. The van der Waals surface area contributed by atoms with Crippen LogP contribution in [-0.2, 0) is 0 Å². The highest BCUT2D eigenvalue weighted by Gasteiger charge is 2.18. The Morgan fingerprint density at radius 2 is 1.18 bits per heavy atom. The maximum Gasteiger partial charge on any atom is 0.167 e. The van der Waals surface area contributed by atoms with E-state index in [4.69, 9.17) is 19.7 Å². The molecule has 0 amide bonds. The van der Waals surface area contributed by atoms with Crippen molar-refractivity contribution in [1.82, 2.24) is 15.0 Å². The summed E-state index contributed by atoms with van der Waals surface area (Å²) in [6.45, 7) is 12.0. The largest absolute Gasteiger partial charge is 0.507 e. The van der Waals surface area contributed by atoms with Crippen molar-refractivity contribution in [2.45, 2.75) is 34.6 Å². The smallest absolute Gasteiger partial charge is 0.167 e. The molecular formula is C32H39N4O2+. The maximum atomic E-state index is 11.0. The average molecular weight is 512 g/mol. The van der Waals surface area contributed by atoms with E-state index >= 15 is 0 Å². The van der Waals surface area contributed by atoms with Crippen molar-refractivity contribution in [2.24, 2.45) is 5.92 Å². The van der Waals surface area contributed by atoms with Gasteiger partial charge in [0.2, 0.25) is 0 Å². The fraction of sp³-hybridized carbons (Fsp3) is 0.344. The summed E-state index contributed by atoms with van der Waals surface area (Å²) in [6, 6.07) is 17.8. The van der Waals surface area contributed by atoms with Crippen LogP contribution in [0.4, 0.5) is 0 Å². The molecule has 0 radical (unpaired) electrons. The lowest BCUT2D eigenvalue weighted by molar-refractivity contribution is -0.873. The number of phenolic OH excluding ortho intramolecular Hbond substituents is 1. The minimum atomic E-state index is 0.0751. The first-order valence-electron chi connectivity index (χ1n) is 13.1. The van der Waals surface area contributed by atoms with Crippen LogP contribution >= 0.6 is 0 Å². The lowest BCUT2D eigenvalue weighted by Gasteiger charge is -2.27. The summed E-state index contributed by atoms with van der Waals surface area (Å²) in [4.78, 5) is 14.5. The zero-order valence-corrected chi connectivity index (χ0v) is 23.8. The van der Waals surface area contributed by atoms with Crippen LogP contribution in [0.3, 0.4) is 0 Å². The molecule has 0 saturated carbocycles. The second-order valence-corrected chi connectivity index (χ2v) is 11.5. The third-order valence-electron chi connectivity index (χ3n) is 6.49. The molecule has 0 bridgehead atoms. The van der Waals surface area contributed by atoms with Crippen LogP contribution in [0.15, 0.2) is 54.6 Å². The molecule has 1 unspecified atom stereocenters. The van der Waals surface area contributed by atoms with Crippen LogP contribution in [0.2, 0.25) is 0 Å². The van der Waals surface area contributed by atoms with E-state index in [1.165, 1.54) is 11.1 Å². The molecule has 3 aromatic carbocycles. The highest BCUT2D eigenvalue weighted by Crippen LogP contribution is 2.34. The van der Waals surface area contributed by atoms with Gasteiger partial charge in [0.15, 0.2) is 17.5 Å². The Balaban J connectivity index is 1.74. The molecule has 1 aromatic heterocycles.